The van der Waals surface area contributed by atoms with Crippen molar-refractivity contribution >= 4 is 5.91 Å². The van der Waals surface area contributed by atoms with E-state index in [1.807, 2.05) is 0 Å². The second-order valence-corrected chi connectivity index (χ2v) is 6.52. The molecule has 0 radical (unpaired) electrons. The Hall–Kier alpha value is -1.39. The molecule has 4 heteroatoms. The Morgan fingerprint density at radius 3 is 1.88 bits per heavy atom. The smallest absolute Gasteiger partial charge is 0.222 e. The number of nitrogens with zero attached hydrogens (tertiary/aromatic N) is 1. The van der Waals surface area contributed by atoms with Crippen molar-refractivity contribution in [2.75, 3.05) is 26.3 Å². The normalized spacial score (nSPS) is 12.0. The Bertz CT molecular complexity index is 396. The lowest BCUT2D eigenvalue weighted by molar-refractivity contribution is -0.132. The van der Waals surface area contributed by atoms with Gasteiger partial charge >= 0.3 is 0 Å². The molecule has 0 fully saturated rings. The zero-order valence-corrected chi connectivity index (χ0v) is 16.6. The van der Waals surface area contributed by atoms with Crippen LogP contribution in [0.25, 0.3) is 0 Å². The van der Waals surface area contributed by atoms with E-state index in [0.717, 1.165) is 32.1 Å². The van der Waals surface area contributed by atoms with Crippen LogP contribution in [-0.4, -0.2) is 47.3 Å². The summed E-state index contributed by atoms with van der Waals surface area (Å²) in [5.41, 5.74) is 0. The van der Waals surface area contributed by atoms with Crippen LogP contribution in [0.15, 0.2) is 36.5 Å². The van der Waals surface area contributed by atoms with E-state index in [9.17, 15) is 4.79 Å². The van der Waals surface area contributed by atoms with E-state index in [1.54, 1.807) is 0 Å². The third-order valence-corrected chi connectivity index (χ3v) is 4.18. The zero-order valence-electron chi connectivity index (χ0n) is 16.6. The van der Waals surface area contributed by atoms with E-state index in [4.69, 9.17) is 10.2 Å². The molecule has 2 N–H and O–H groups in total. The zero-order chi connectivity index (χ0) is 19.3. The highest BCUT2D eigenvalue weighted by atomic mass is 16.3. The van der Waals surface area contributed by atoms with Crippen LogP contribution < -0.4 is 0 Å². The summed E-state index contributed by atoms with van der Waals surface area (Å²) in [4.78, 5) is 13.5. The van der Waals surface area contributed by atoms with Gasteiger partial charge < -0.3 is 15.1 Å². The summed E-state index contributed by atoms with van der Waals surface area (Å²) in [5, 5.41) is 17.9. The van der Waals surface area contributed by atoms with Crippen LogP contribution in [0.2, 0.25) is 0 Å². The lowest BCUT2D eigenvalue weighted by atomic mass is 10.1. The Morgan fingerprint density at radius 2 is 1.31 bits per heavy atom. The highest BCUT2D eigenvalue weighted by Crippen LogP contribution is 2.09. The first kappa shape index (κ1) is 24.6. The van der Waals surface area contributed by atoms with E-state index in [0.29, 0.717) is 19.5 Å². The topological polar surface area (TPSA) is 60.8 Å². The molecule has 26 heavy (non-hydrogen) atoms. The number of carbonyl (C=O) groups is 1. The van der Waals surface area contributed by atoms with Crippen molar-refractivity contribution in [2.24, 2.45) is 0 Å². The third kappa shape index (κ3) is 16.1. The van der Waals surface area contributed by atoms with Gasteiger partial charge in [-0.2, -0.15) is 0 Å². The second-order valence-electron chi connectivity index (χ2n) is 6.52. The molecule has 0 aromatic rings. The van der Waals surface area contributed by atoms with Gasteiger partial charge in [0.2, 0.25) is 5.91 Å². The van der Waals surface area contributed by atoms with E-state index in [-0.39, 0.29) is 19.1 Å². The quantitative estimate of drug-likeness (QED) is 0.297. The number of hydrogen-bond acceptors (Lipinski definition) is 3. The van der Waals surface area contributed by atoms with Crippen LogP contribution in [0.1, 0.15) is 71.1 Å². The second kappa shape index (κ2) is 19.9. The summed E-state index contributed by atoms with van der Waals surface area (Å²) < 4.78 is 0. The molecule has 0 unspecified atom stereocenters. The van der Waals surface area contributed by atoms with E-state index >= 15 is 0 Å². The predicted molar refractivity (Wildman–Crippen MR) is 110 cm³/mol. The number of aliphatic hydroxyl groups is 2. The minimum absolute atomic E-state index is 0.0339. The molecule has 150 valence electrons. The number of hydrogen-bond donors (Lipinski definition) is 2. The monoisotopic (exact) mass is 365 g/mol. The molecule has 0 aromatic heterocycles. The summed E-state index contributed by atoms with van der Waals surface area (Å²) in [7, 11) is 0. The fraction of sp³-hybridized carbons (Fsp3) is 0.682. The van der Waals surface area contributed by atoms with E-state index < -0.39 is 0 Å². The highest BCUT2D eigenvalue weighted by Gasteiger charge is 2.11. The number of aliphatic hydroxyl groups excluding tert-OH is 2. The molecule has 0 aliphatic carbocycles. The number of amides is 1. The summed E-state index contributed by atoms with van der Waals surface area (Å²) in [5.74, 6) is 0.0339. The van der Waals surface area contributed by atoms with Crippen LogP contribution in [0.4, 0.5) is 0 Å². The summed E-state index contributed by atoms with van der Waals surface area (Å²) in [6, 6.07) is 0. The first-order chi connectivity index (χ1) is 12.8. The molecule has 0 saturated heterocycles. The summed E-state index contributed by atoms with van der Waals surface area (Å²) >= 11 is 0. The van der Waals surface area contributed by atoms with Gasteiger partial charge in [-0.1, -0.05) is 75.5 Å². The van der Waals surface area contributed by atoms with Crippen molar-refractivity contribution in [1.82, 2.24) is 4.90 Å². The van der Waals surface area contributed by atoms with Crippen molar-refractivity contribution in [2.45, 2.75) is 71.1 Å². The molecule has 0 spiro atoms. The minimum atomic E-state index is -0.0520. The molecule has 0 heterocycles. The van der Waals surface area contributed by atoms with Gasteiger partial charge in [-0.25, -0.2) is 0 Å². The number of rotatable bonds is 17. The van der Waals surface area contributed by atoms with Crippen LogP contribution in [-0.2, 0) is 4.79 Å². The molecular weight excluding hydrogens is 326 g/mol. The Labute approximate surface area is 160 Å². The lowest BCUT2D eigenvalue weighted by Gasteiger charge is -2.20. The summed E-state index contributed by atoms with van der Waals surface area (Å²) in [6.45, 7) is 2.73. The molecule has 0 aliphatic heterocycles. The van der Waals surface area contributed by atoms with Crippen LogP contribution in [0.5, 0.6) is 0 Å². The number of allylic oxidation sites excluding steroid dienone is 6. The fourth-order valence-electron chi connectivity index (χ4n) is 2.63. The van der Waals surface area contributed by atoms with Gasteiger partial charge in [-0.3, -0.25) is 4.79 Å². The van der Waals surface area contributed by atoms with Gasteiger partial charge in [0, 0.05) is 19.5 Å². The van der Waals surface area contributed by atoms with Gasteiger partial charge in [0.05, 0.1) is 13.2 Å². The largest absolute Gasteiger partial charge is 0.395 e. The molecule has 0 aromatic carbocycles. The molecular formula is C22H39NO3. The number of carbonyl (C=O) groups excluding carboxylic acids is 1. The van der Waals surface area contributed by atoms with E-state index in [1.165, 1.54) is 30.6 Å². The van der Waals surface area contributed by atoms with Crippen molar-refractivity contribution in [3.05, 3.63) is 36.5 Å². The summed E-state index contributed by atoms with van der Waals surface area (Å²) in [6.07, 6.45) is 23.6. The average molecular weight is 366 g/mol. The molecule has 1 amide bonds. The Balaban J connectivity index is 3.55. The van der Waals surface area contributed by atoms with Crippen molar-refractivity contribution in [3.63, 3.8) is 0 Å². The Morgan fingerprint density at radius 1 is 0.769 bits per heavy atom. The first-order valence-corrected chi connectivity index (χ1v) is 10.2. The maximum atomic E-state index is 11.9. The van der Waals surface area contributed by atoms with E-state index in [2.05, 4.69) is 43.4 Å². The van der Waals surface area contributed by atoms with Crippen LogP contribution in [0, 0.1) is 0 Å². The molecule has 0 rings (SSSR count). The first-order valence-electron chi connectivity index (χ1n) is 10.2. The number of unbranched alkanes of at least 4 members (excludes halogenated alkanes) is 7. The van der Waals surface area contributed by atoms with Gasteiger partial charge in [0.15, 0.2) is 0 Å². The Kier molecular flexibility index (Phi) is 18.9. The third-order valence-electron chi connectivity index (χ3n) is 4.18. The standard InChI is InChI=1S/C22H39NO3/c1-2-3-4-5-6-7-8-9-10-11-12-13-14-15-16-17-22(26)23(18-20-24)19-21-25/h5-10,24-25H,2-4,11-21H2,1H3/b6-5+,8-7+,10-9-. The highest BCUT2D eigenvalue weighted by molar-refractivity contribution is 5.76. The van der Waals surface area contributed by atoms with Crippen molar-refractivity contribution in [1.29, 1.82) is 0 Å². The molecule has 0 bridgehead atoms. The maximum absolute atomic E-state index is 11.9. The molecule has 0 atom stereocenters. The van der Waals surface area contributed by atoms with Gasteiger partial charge in [-0.05, 0) is 25.7 Å². The minimum Gasteiger partial charge on any atom is -0.395 e. The van der Waals surface area contributed by atoms with Crippen molar-refractivity contribution in [3.8, 4) is 0 Å². The molecule has 4 nitrogen and oxygen atoms in total. The SMILES string of the molecule is CCCC/C=C/C=C/C=C\CCCCCCCC(=O)N(CCO)CCO. The average Bonchev–Trinajstić information content (AvgIpc) is 2.64. The van der Waals surface area contributed by atoms with Gasteiger partial charge in [0.25, 0.3) is 0 Å². The fourth-order valence-corrected chi connectivity index (χ4v) is 2.63. The molecule has 0 saturated carbocycles. The predicted octanol–water partition coefficient (Wildman–Crippen LogP) is 4.39. The van der Waals surface area contributed by atoms with Gasteiger partial charge in [-0.15, -0.1) is 0 Å². The van der Waals surface area contributed by atoms with Crippen LogP contribution >= 0.6 is 0 Å². The van der Waals surface area contributed by atoms with Crippen LogP contribution in [0.3, 0.4) is 0 Å². The van der Waals surface area contributed by atoms with Gasteiger partial charge in [0.1, 0.15) is 0 Å². The lowest BCUT2D eigenvalue weighted by Crippen LogP contribution is -2.35. The maximum Gasteiger partial charge on any atom is 0.222 e. The van der Waals surface area contributed by atoms with Crippen molar-refractivity contribution < 1.29 is 15.0 Å². The molecule has 0 aliphatic rings.